The van der Waals surface area contributed by atoms with Crippen molar-refractivity contribution < 1.29 is 23.7 Å². The number of nitro benzene ring substituents is 1. The summed E-state index contributed by atoms with van der Waals surface area (Å²) in [5.74, 6) is -0.633. The van der Waals surface area contributed by atoms with E-state index in [4.69, 9.17) is 14.0 Å². The summed E-state index contributed by atoms with van der Waals surface area (Å²) in [6.45, 7) is 1.68. The molecule has 0 saturated carbocycles. The summed E-state index contributed by atoms with van der Waals surface area (Å²) in [5, 5.41) is 15.4. The average Bonchev–Trinajstić information content (AvgIpc) is 3.14. The van der Waals surface area contributed by atoms with Crippen molar-refractivity contribution in [2.24, 2.45) is 0 Å². The van der Waals surface area contributed by atoms with Gasteiger partial charge in [-0.05, 0) is 19.1 Å². The van der Waals surface area contributed by atoms with E-state index in [2.05, 4.69) is 10.1 Å². The molecule has 2 aromatic carbocycles. The van der Waals surface area contributed by atoms with Crippen LogP contribution in [-0.4, -0.2) is 28.1 Å². The van der Waals surface area contributed by atoms with Crippen molar-refractivity contribution in [1.29, 1.82) is 0 Å². The summed E-state index contributed by atoms with van der Waals surface area (Å²) >= 11 is 0. The highest BCUT2D eigenvalue weighted by molar-refractivity contribution is 6.05. The number of pyridine rings is 1. The number of ether oxygens (including phenoxy) is 2. The lowest BCUT2D eigenvalue weighted by Crippen LogP contribution is -2.11. The molecule has 4 aromatic rings. The van der Waals surface area contributed by atoms with Gasteiger partial charge < -0.3 is 14.0 Å². The lowest BCUT2D eigenvalue weighted by atomic mass is 10.1. The third kappa shape index (κ3) is 3.44. The molecule has 0 N–H and O–H groups in total. The molecule has 0 spiro atoms. The van der Waals surface area contributed by atoms with E-state index in [9.17, 15) is 14.9 Å². The van der Waals surface area contributed by atoms with Crippen LogP contribution in [0.25, 0.3) is 22.4 Å². The van der Waals surface area contributed by atoms with Crippen LogP contribution in [0.4, 0.5) is 5.69 Å². The van der Waals surface area contributed by atoms with Crippen molar-refractivity contribution in [3.05, 3.63) is 76.0 Å². The Kier molecular flexibility index (Phi) is 4.85. The Bertz CT molecular complexity index is 1270. The minimum absolute atomic E-state index is 0.0722. The number of hydrogen-bond donors (Lipinski definition) is 0. The summed E-state index contributed by atoms with van der Waals surface area (Å²) in [7, 11) is 1.38. The van der Waals surface area contributed by atoms with Gasteiger partial charge in [-0.1, -0.05) is 35.5 Å². The zero-order chi connectivity index (χ0) is 21.3. The summed E-state index contributed by atoms with van der Waals surface area (Å²) in [5.41, 5.74) is 1.87. The molecule has 2 aromatic heterocycles. The monoisotopic (exact) mass is 405 g/mol. The van der Waals surface area contributed by atoms with Gasteiger partial charge in [-0.2, -0.15) is 0 Å². The molecular formula is C21H15N3O6. The molecule has 9 nitrogen and oxygen atoms in total. The van der Waals surface area contributed by atoms with Gasteiger partial charge in [0.15, 0.2) is 11.5 Å². The van der Waals surface area contributed by atoms with Crippen molar-refractivity contribution in [1.82, 2.24) is 10.1 Å². The van der Waals surface area contributed by atoms with Crippen LogP contribution < -0.4 is 9.47 Å². The maximum Gasteiger partial charge on any atom is 0.344 e. The normalized spacial score (nSPS) is 10.7. The van der Waals surface area contributed by atoms with E-state index < -0.39 is 10.9 Å². The predicted octanol–water partition coefficient (Wildman–Crippen LogP) is 4.33. The number of esters is 1. The highest BCUT2D eigenvalue weighted by Crippen LogP contribution is 2.33. The average molecular weight is 405 g/mol. The summed E-state index contributed by atoms with van der Waals surface area (Å²) in [6.07, 6.45) is 0. The van der Waals surface area contributed by atoms with E-state index in [1.807, 2.05) is 30.3 Å². The van der Waals surface area contributed by atoms with Gasteiger partial charge in [0.1, 0.15) is 0 Å². The SMILES string of the molecule is COc1ccc([N+](=O)[O-])cc1OC(=O)c1cc(-c2ccccc2)nc2onc(C)c12. The quantitative estimate of drug-likeness (QED) is 0.208. The molecule has 0 aliphatic rings. The maximum absolute atomic E-state index is 13.1. The van der Waals surface area contributed by atoms with Gasteiger partial charge in [0.25, 0.3) is 11.4 Å². The summed E-state index contributed by atoms with van der Waals surface area (Å²) in [4.78, 5) is 28.0. The van der Waals surface area contributed by atoms with Crippen LogP contribution >= 0.6 is 0 Å². The second-order valence-corrected chi connectivity index (χ2v) is 6.35. The van der Waals surface area contributed by atoms with Gasteiger partial charge in [-0.15, -0.1) is 0 Å². The topological polar surface area (TPSA) is 118 Å². The van der Waals surface area contributed by atoms with E-state index in [1.165, 1.54) is 19.2 Å². The van der Waals surface area contributed by atoms with E-state index >= 15 is 0 Å². The number of hydrogen-bond acceptors (Lipinski definition) is 8. The fourth-order valence-electron chi connectivity index (χ4n) is 3.03. The fourth-order valence-corrected chi connectivity index (χ4v) is 3.03. The lowest BCUT2D eigenvalue weighted by Gasteiger charge is -2.10. The van der Waals surface area contributed by atoms with Crippen molar-refractivity contribution >= 4 is 22.8 Å². The van der Waals surface area contributed by atoms with Crippen LogP contribution in [-0.2, 0) is 0 Å². The Hall–Kier alpha value is -4.27. The van der Waals surface area contributed by atoms with Crippen LogP contribution in [0.15, 0.2) is 59.1 Å². The molecule has 0 radical (unpaired) electrons. The van der Waals surface area contributed by atoms with Crippen LogP contribution in [0.3, 0.4) is 0 Å². The van der Waals surface area contributed by atoms with Crippen molar-refractivity contribution in [2.75, 3.05) is 7.11 Å². The molecule has 0 fully saturated rings. The first kappa shape index (κ1) is 19.1. The molecule has 9 heteroatoms. The smallest absolute Gasteiger partial charge is 0.344 e. The Morgan fingerprint density at radius 3 is 2.57 bits per heavy atom. The van der Waals surface area contributed by atoms with Gasteiger partial charge in [0, 0.05) is 11.6 Å². The first-order chi connectivity index (χ1) is 14.5. The molecule has 0 saturated heterocycles. The Labute approximate surface area is 170 Å². The molecule has 0 bridgehead atoms. The van der Waals surface area contributed by atoms with Gasteiger partial charge in [0.2, 0.25) is 0 Å². The Morgan fingerprint density at radius 1 is 1.10 bits per heavy atom. The number of benzene rings is 2. The van der Waals surface area contributed by atoms with E-state index in [1.54, 1.807) is 13.0 Å². The molecular weight excluding hydrogens is 390 g/mol. The molecule has 150 valence electrons. The molecule has 30 heavy (non-hydrogen) atoms. The number of non-ortho nitro benzene ring substituents is 1. The number of aromatic nitrogens is 2. The number of aryl methyl sites for hydroxylation is 1. The first-order valence-electron chi connectivity index (χ1n) is 8.85. The Morgan fingerprint density at radius 2 is 1.87 bits per heavy atom. The van der Waals surface area contributed by atoms with Crippen LogP contribution in [0.5, 0.6) is 11.5 Å². The standard InChI is InChI=1S/C21H15N3O6/c1-12-19-15(11-16(22-20(19)30-23-12)13-6-4-3-5-7-13)21(25)29-18-10-14(24(26)27)8-9-17(18)28-2/h3-11H,1-2H3. The molecule has 0 aliphatic heterocycles. The van der Waals surface area contributed by atoms with Gasteiger partial charge in [-0.25, -0.2) is 9.78 Å². The zero-order valence-electron chi connectivity index (χ0n) is 16.0. The molecule has 0 amide bonds. The largest absolute Gasteiger partial charge is 0.493 e. The number of rotatable bonds is 5. The number of carbonyl (C=O) groups excluding carboxylic acids is 1. The second kappa shape index (κ2) is 7.63. The number of fused-ring (bicyclic) bond motifs is 1. The third-order valence-corrected chi connectivity index (χ3v) is 4.47. The van der Waals surface area contributed by atoms with Gasteiger partial charge in [0.05, 0.1) is 40.4 Å². The first-order valence-corrected chi connectivity index (χ1v) is 8.85. The van der Waals surface area contributed by atoms with Gasteiger partial charge in [-0.3, -0.25) is 10.1 Å². The second-order valence-electron chi connectivity index (χ2n) is 6.35. The number of nitrogens with zero attached hydrogens (tertiary/aromatic N) is 3. The van der Waals surface area contributed by atoms with E-state index in [-0.39, 0.29) is 28.5 Å². The predicted molar refractivity (Wildman–Crippen MR) is 107 cm³/mol. The third-order valence-electron chi connectivity index (χ3n) is 4.47. The zero-order valence-corrected chi connectivity index (χ0v) is 16.0. The lowest BCUT2D eigenvalue weighted by molar-refractivity contribution is -0.384. The van der Waals surface area contributed by atoms with Crippen LogP contribution in [0.1, 0.15) is 16.1 Å². The molecule has 0 aliphatic carbocycles. The van der Waals surface area contributed by atoms with Crippen LogP contribution in [0, 0.1) is 17.0 Å². The molecule has 2 heterocycles. The highest BCUT2D eigenvalue weighted by atomic mass is 16.6. The molecule has 0 atom stereocenters. The minimum atomic E-state index is -0.746. The number of carbonyl (C=O) groups is 1. The Balaban J connectivity index is 1.81. The molecule has 0 unspecified atom stereocenters. The summed E-state index contributed by atoms with van der Waals surface area (Å²) in [6, 6.07) is 14.6. The van der Waals surface area contributed by atoms with E-state index in [0.29, 0.717) is 16.8 Å². The highest BCUT2D eigenvalue weighted by Gasteiger charge is 2.23. The number of methoxy groups -OCH3 is 1. The van der Waals surface area contributed by atoms with Crippen molar-refractivity contribution in [2.45, 2.75) is 6.92 Å². The van der Waals surface area contributed by atoms with Crippen molar-refractivity contribution in [3.63, 3.8) is 0 Å². The maximum atomic E-state index is 13.1. The van der Waals surface area contributed by atoms with Gasteiger partial charge >= 0.3 is 5.97 Å². The van der Waals surface area contributed by atoms with E-state index in [0.717, 1.165) is 11.6 Å². The van der Waals surface area contributed by atoms with Crippen LogP contribution in [0.2, 0.25) is 0 Å². The fraction of sp³-hybridized carbons (Fsp3) is 0.0952. The molecule has 4 rings (SSSR count). The minimum Gasteiger partial charge on any atom is -0.493 e. The summed E-state index contributed by atoms with van der Waals surface area (Å²) < 4.78 is 15.9. The number of nitro groups is 1. The van der Waals surface area contributed by atoms with Crippen molar-refractivity contribution in [3.8, 4) is 22.8 Å².